The number of aliphatic hydroxyl groups is 1. The number of hydrogen-bond donors (Lipinski definition) is 2. The van der Waals surface area contributed by atoms with Gasteiger partial charge in [-0.1, -0.05) is 19.4 Å². The second-order valence-corrected chi connectivity index (χ2v) is 10.7. The molecule has 2 N–H and O–H groups in total. The number of carbonyl (C=O) groups excluding carboxylic acids is 1. The van der Waals surface area contributed by atoms with Crippen LogP contribution in [0.5, 0.6) is 0 Å². The zero-order chi connectivity index (χ0) is 19.8. The lowest BCUT2D eigenvalue weighted by atomic mass is 9.45. The van der Waals surface area contributed by atoms with Crippen molar-refractivity contribution in [3.8, 4) is 0 Å². The summed E-state index contributed by atoms with van der Waals surface area (Å²) in [4.78, 5) is 23.3. The first-order chi connectivity index (χ1) is 13.3. The van der Waals surface area contributed by atoms with E-state index in [2.05, 4.69) is 13.8 Å². The predicted molar refractivity (Wildman–Crippen MR) is 105 cm³/mol. The maximum absolute atomic E-state index is 12.0. The molecule has 154 valence electrons. The molecule has 4 saturated carbocycles. The van der Waals surface area contributed by atoms with Gasteiger partial charge in [0, 0.05) is 18.3 Å². The first kappa shape index (κ1) is 18.8. The van der Waals surface area contributed by atoms with Crippen molar-refractivity contribution < 1.29 is 19.8 Å². The van der Waals surface area contributed by atoms with Gasteiger partial charge in [-0.2, -0.15) is 0 Å². The van der Waals surface area contributed by atoms with Crippen LogP contribution in [0.4, 0.5) is 0 Å². The fraction of sp³-hybridized carbons (Fsp3) is 0.833. The van der Waals surface area contributed by atoms with Gasteiger partial charge >= 0.3 is 5.97 Å². The summed E-state index contributed by atoms with van der Waals surface area (Å²) >= 11 is 0. The van der Waals surface area contributed by atoms with Crippen molar-refractivity contribution in [2.75, 3.05) is 0 Å². The van der Waals surface area contributed by atoms with E-state index in [4.69, 9.17) is 0 Å². The van der Waals surface area contributed by atoms with Crippen LogP contribution in [0.1, 0.15) is 71.6 Å². The molecule has 0 aliphatic heterocycles. The molecule has 0 bridgehead atoms. The molecule has 5 aliphatic carbocycles. The Balaban J connectivity index is 1.51. The van der Waals surface area contributed by atoms with Gasteiger partial charge < -0.3 is 10.2 Å². The SMILES string of the molecule is CC[C@]12CC[C@H]3[C@H]([C@@H]1[C@H]1C[C@H]1[C@@]2(O)CCC(=O)O)[C@H](C)CC1=CC(=O)CC[C@@H]13. The van der Waals surface area contributed by atoms with Gasteiger partial charge in [0.25, 0.3) is 0 Å². The number of ketones is 1. The Hall–Kier alpha value is -1.16. The zero-order valence-electron chi connectivity index (χ0n) is 17.2. The van der Waals surface area contributed by atoms with E-state index in [9.17, 15) is 19.8 Å². The number of aliphatic carboxylic acids is 1. The summed E-state index contributed by atoms with van der Waals surface area (Å²) in [6.07, 6.45) is 9.42. The van der Waals surface area contributed by atoms with Gasteiger partial charge in [0.2, 0.25) is 0 Å². The first-order valence-corrected chi connectivity index (χ1v) is 11.5. The number of carboxylic acids is 1. The van der Waals surface area contributed by atoms with Crippen molar-refractivity contribution in [3.63, 3.8) is 0 Å². The van der Waals surface area contributed by atoms with Gasteiger partial charge in [-0.25, -0.2) is 0 Å². The summed E-state index contributed by atoms with van der Waals surface area (Å²) in [6.45, 7) is 4.59. The predicted octanol–water partition coefficient (Wildman–Crippen LogP) is 4.22. The van der Waals surface area contributed by atoms with Crippen LogP contribution in [0.25, 0.3) is 0 Å². The highest BCUT2D eigenvalue weighted by molar-refractivity contribution is 5.91. The standard InChI is InChI=1S/C24H34O4/c1-3-23-8-6-17-16-5-4-15(25)11-14(16)10-13(2)21(17)22(23)18-12-19(18)24(23,28)9-7-20(26)27/h11,13,16-19,21-22,28H,3-10,12H2,1-2H3,(H,26,27)/t13-,16+,17-,18+,19-,21-,22+,23+,24+/m1/s1. The van der Waals surface area contributed by atoms with Crippen molar-refractivity contribution in [1.82, 2.24) is 0 Å². The third-order valence-electron chi connectivity index (χ3n) is 9.85. The van der Waals surface area contributed by atoms with Crippen molar-refractivity contribution in [2.24, 2.45) is 46.8 Å². The third-order valence-corrected chi connectivity index (χ3v) is 9.85. The number of allylic oxidation sites excluding steroid dienone is 1. The van der Waals surface area contributed by atoms with Crippen LogP contribution in [0.3, 0.4) is 0 Å². The summed E-state index contributed by atoms with van der Waals surface area (Å²) in [5, 5.41) is 21.2. The topological polar surface area (TPSA) is 74.6 Å². The third kappa shape index (κ3) is 2.33. The van der Waals surface area contributed by atoms with E-state index in [1.165, 1.54) is 5.57 Å². The van der Waals surface area contributed by atoms with Crippen molar-refractivity contribution >= 4 is 11.8 Å². The first-order valence-electron chi connectivity index (χ1n) is 11.5. The van der Waals surface area contributed by atoms with Crippen LogP contribution in [-0.4, -0.2) is 27.6 Å². The number of rotatable bonds is 4. The molecule has 0 unspecified atom stereocenters. The van der Waals surface area contributed by atoms with Crippen LogP contribution in [-0.2, 0) is 9.59 Å². The van der Waals surface area contributed by atoms with Gasteiger partial charge in [0.15, 0.2) is 5.78 Å². The molecule has 5 aliphatic rings. The highest BCUT2D eigenvalue weighted by Gasteiger charge is 2.76. The number of carbonyl (C=O) groups is 2. The fourth-order valence-electron chi connectivity index (χ4n) is 8.92. The van der Waals surface area contributed by atoms with Gasteiger partial charge in [0.1, 0.15) is 0 Å². The molecular weight excluding hydrogens is 352 g/mol. The quantitative estimate of drug-likeness (QED) is 0.759. The minimum atomic E-state index is -0.793. The molecule has 0 amide bonds. The van der Waals surface area contributed by atoms with Gasteiger partial charge in [-0.05, 0) is 92.4 Å². The highest BCUT2D eigenvalue weighted by atomic mass is 16.4. The average molecular weight is 387 g/mol. The Morgan fingerprint density at radius 3 is 2.79 bits per heavy atom. The van der Waals surface area contributed by atoms with Crippen LogP contribution < -0.4 is 0 Å². The number of hydrogen-bond acceptors (Lipinski definition) is 3. The Morgan fingerprint density at radius 2 is 2.07 bits per heavy atom. The molecule has 0 saturated heterocycles. The second kappa shape index (κ2) is 6.17. The Morgan fingerprint density at radius 1 is 1.29 bits per heavy atom. The minimum absolute atomic E-state index is 0.0788. The van der Waals surface area contributed by atoms with Crippen LogP contribution in [0.2, 0.25) is 0 Å². The molecule has 4 heteroatoms. The van der Waals surface area contributed by atoms with Crippen molar-refractivity contribution in [3.05, 3.63) is 11.6 Å². The smallest absolute Gasteiger partial charge is 0.303 e. The molecule has 5 rings (SSSR count). The van der Waals surface area contributed by atoms with Gasteiger partial charge in [-0.15, -0.1) is 0 Å². The molecular formula is C24H34O4. The maximum atomic E-state index is 12.0. The van der Waals surface area contributed by atoms with E-state index >= 15 is 0 Å². The lowest BCUT2D eigenvalue weighted by Crippen LogP contribution is -2.57. The molecule has 0 radical (unpaired) electrons. The Kier molecular flexibility index (Phi) is 4.15. The van der Waals surface area contributed by atoms with E-state index in [0.29, 0.717) is 60.1 Å². The van der Waals surface area contributed by atoms with Crippen LogP contribution in [0, 0.1) is 46.8 Å². The molecule has 9 atom stereocenters. The average Bonchev–Trinajstić information content (AvgIpc) is 3.42. The van der Waals surface area contributed by atoms with Crippen molar-refractivity contribution in [2.45, 2.75) is 77.2 Å². The molecule has 0 aromatic heterocycles. The monoisotopic (exact) mass is 386 g/mol. The normalized spacial score (nSPS) is 51.5. The van der Waals surface area contributed by atoms with E-state index < -0.39 is 11.6 Å². The highest BCUT2D eigenvalue weighted by Crippen LogP contribution is 2.78. The number of fused-ring (bicyclic) bond motifs is 7. The second-order valence-electron chi connectivity index (χ2n) is 10.7. The van der Waals surface area contributed by atoms with E-state index in [0.717, 1.165) is 38.5 Å². The maximum Gasteiger partial charge on any atom is 0.303 e. The summed E-state index contributed by atoms with van der Waals surface area (Å²) in [5.74, 6) is 3.35. The lowest BCUT2D eigenvalue weighted by Gasteiger charge is -2.60. The zero-order valence-corrected chi connectivity index (χ0v) is 17.2. The Labute approximate surface area is 167 Å². The summed E-state index contributed by atoms with van der Waals surface area (Å²) in [6, 6.07) is 0. The van der Waals surface area contributed by atoms with Gasteiger partial charge in [0.05, 0.1) is 5.60 Å². The molecule has 0 aromatic carbocycles. The van der Waals surface area contributed by atoms with E-state index in [1.807, 2.05) is 6.08 Å². The lowest BCUT2D eigenvalue weighted by molar-refractivity contribution is -0.167. The molecule has 0 heterocycles. The van der Waals surface area contributed by atoms with Crippen LogP contribution >= 0.6 is 0 Å². The molecule has 0 spiro atoms. The van der Waals surface area contributed by atoms with Gasteiger partial charge in [-0.3, -0.25) is 9.59 Å². The molecule has 0 aromatic rings. The molecule has 4 fully saturated rings. The fourth-order valence-corrected chi connectivity index (χ4v) is 8.92. The Bertz CT molecular complexity index is 741. The van der Waals surface area contributed by atoms with Crippen LogP contribution in [0.15, 0.2) is 11.6 Å². The van der Waals surface area contributed by atoms with E-state index in [-0.39, 0.29) is 11.8 Å². The largest absolute Gasteiger partial charge is 0.481 e. The molecule has 4 nitrogen and oxygen atoms in total. The van der Waals surface area contributed by atoms with E-state index in [1.54, 1.807) is 0 Å². The number of carboxylic acid groups (broad SMARTS) is 1. The van der Waals surface area contributed by atoms with Crippen molar-refractivity contribution in [1.29, 1.82) is 0 Å². The minimum Gasteiger partial charge on any atom is -0.481 e. The summed E-state index contributed by atoms with van der Waals surface area (Å²) in [7, 11) is 0. The summed E-state index contributed by atoms with van der Waals surface area (Å²) in [5.41, 5.74) is 0.510. The summed E-state index contributed by atoms with van der Waals surface area (Å²) < 4.78 is 0. The molecule has 28 heavy (non-hydrogen) atoms.